The summed E-state index contributed by atoms with van der Waals surface area (Å²) < 4.78 is 10.2. The molecule has 2 fully saturated rings. The molecule has 2 unspecified atom stereocenters. The fraction of sp³-hybridized carbons (Fsp3) is 0.455. The molecule has 3 nitrogen and oxygen atoms in total. The summed E-state index contributed by atoms with van der Waals surface area (Å²) in [4.78, 5) is 0. The summed E-state index contributed by atoms with van der Waals surface area (Å²) in [6.45, 7) is 6.39. The smallest absolute Gasteiger partial charge is 0.0822 e. The molecular weight excluding hydrogens is 310 g/mol. The molecule has 0 bridgehead atoms. The van der Waals surface area contributed by atoms with E-state index >= 15 is 0 Å². The molecular formula is C22H29NO2. The summed E-state index contributed by atoms with van der Waals surface area (Å²) in [5, 5.41) is 3.37. The van der Waals surface area contributed by atoms with Gasteiger partial charge in [-0.1, -0.05) is 67.6 Å². The van der Waals surface area contributed by atoms with Crippen molar-refractivity contribution in [1.82, 2.24) is 5.32 Å². The van der Waals surface area contributed by atoms with E-state index < -0.39 is 0 Å². The largest absolute Gasteiger partial charge is 0.373 e. The molecule has 1 N–H and O–H groups in total. The second kappa shape index (κ2) is 9.71. The second-order valence-electron chi connectivity index (χ2n) is 6.78. The maximum absolute atomic E-state index is 5.08. The highest BCUT2D eigenvalue weighted by Crippen LogP contribution is 2.22. The lowest BCUT2D eigenvalue weighted by Gasteiger charge is -2.11. The maximum atomic E-state index is 5.08. The first-order valence-corrected chi connectivity index (χ1v) is 9.36. The van der Waals surface area contributed by atoms with Gasteiger partial charge < -0.3 is 14.8 Å². The van der Waals surface area contributed by atoms with Crippen LogP contribution in [0.2, 0.25) is 0 Å². The lowest BCUT2D eigenvalue weighted by atomic mass is 9.93. The third-order valence-corrected chi connectivity index (χ3v) is 4.69. The van der Waals surface area contributed by atoms with Gasteiger partial charge in [0.1, 0.15) is 0 Å². The normalized spacial score (nSPS) is 20.7. The Morgan fingerprint density at radius 1 is 0.800 bits per heavy atom. The molecule has 0 spiro atoms. The Hall–Kier alpha value is -1.68. The molecule has 0 saturated carbocycles. The molecule has 0 aliphatic carbocycles. The van der Waals surface area contributed by atoms with Gasteiger partial charge in [0.05, 0.1) is 25.4 Å². The van der Waals surface area contributed by atoms with Crippen molar-refractivity contribution in [2.75, 3.05) is 26.3 Å². The van der Waals surface area contributed by atoms with E-state index in [1.54, 1.807) is 0 Å². The first-order chi connectivity index (χ1) is 12.3. The summed E-state index contributed by atoms with van der Waals surface area (Å²) in [7, 11) is 0. The van der Waals surface area contributed by atoms with E-state index in [9.17, 15) is 0 Å². The van der Waals surface area contributed by atoms with Crippen molar-refractivity contribution in [1.29, 1.82) is 0 Å². The molecule has 2 saturated heterocycles. The quantitative estimate of drug-likeness (QED) is 0.583. The summed E-state index contributed by atoms with van der Waals surface area (Å²) in [5.74, 6) is 0.484. The Labute approximate surface area is 151 Å². The average Bonchev–Trinajstić information content (AvgIpc) is 3.58. The van der Waals surface area contributed by atoms with Crippen LogP contribution >= 0.6 is 0 Å². The standard InChI is InChI=1S/C14H14.C8H15NO2/c1-12(13-8-4-2-5-9-13)14-10-6-3-7-11-14;1(7-5-10-7)3-9-4-2-8-6-11-8/h2-12H,1H3;7-9H,1-6H2. The SMILES string of the molecule is C(CC1CO1)NCCC1CO1.CC(c1ccccc1)c1ccccc1. The van der Waals surface area contributed by atoms with Gasteiger partial charge in [-0.3, -0.25) is 0 Å². The predicted molar refractivity (Wildman–Crippen MR) is 102 cm³/mol. The zero-order valence-corrected chi connectivity index (χ0v) is 15.1. The van der Waals surface area contributed by atoms with Crippen LogP contribution in [-0.4, -0.2) is 38.5 Å². The van der Waals surface area contributed by atoms with Crippen molar-refractivity contribution in [3.63, 3.8) is 0 Å². The number of nitrogens with one attached hydrogen (secondary N) is 1. The van der Waals surface area contributed by atoms with Crippen LogP contribution in [0.15, 0.2) is 60.7 Å². The molecule has 134 valence electrons. The van der Waals surface area contributed by atoms with Gasteiger partial charge in [0.25, 0.3) is 0 Å². The zero-order chi connectivity index (χ0) is 17.3. The minimum absolute atomic E-state index is 0.484. The first-order valence-electron chi connectivity index (χ1n) is 9.36. The molecule has 0 aromatic heterocycles. The summed E-state index contributed by atoms with van der Waals surface area (Å²) >= 11 is 0. The van der Waals surface area contributed by atoms with Crippen molar-refractivity contribution in [3.05, 3.63) is 71.8 Å². The van der Waals surface area contributed by atoms with E-state index in [1.165, 1.54) is 24.0 Å². The van der Waals surface area contributed by atoms with Gasteiger partial charge in [0.15, 0.2) is 0 Å². The predicted octanol–water partition coefficient (Wildman–Crippen LogP) is 3.99. The lowest BCUT2D eigenvalue weighted by molar-refractivity contribution is 0.380. The highest BCUT2D eigenvalue weighted by molar-refractivity contribution is 5.31. The molecule has 2 aliphatic rings. The number of ether oxygens (including phenoxy) is 2. The Morgan fingerprint density at radius 2 is 1.20 bits per heavy atom. The van der Waals surface area contributed by atoms with Crippen LogP contribution in [0.25, 0.3) is 0 Å². The Kier molecular flexibility index (Phi) is 7.04. The maximum Gasteiger partial charge on any atom is 0.0822 e. The van der Waals surface area contributed by atoms with Crippen molar-refractivity contribution >= 4 is 0 Å². The zero-order valence-electron chi connectivity index (χ0n) is 15.1. The van der Waals surface area contributed by atoms with E-state index in [0.29, 0.717) is 18.1 Å². The van der Waals surface area contributed by atoms with Crippen molar-refractivity contribution in [3.8, 4) is 0 Å². The molecule has 2 heterocycles. The van der Waals surface area contributed by atoms with Crippen LogP contribution in [-0.2, 0) is 9.47 Å². The molecule has 4 rings (SSSR count). The molecule has 0 radical (unpaired) electrons. The van der Waals surface area contributed by atoms with Gasteiger partial charge in [-0.05, 0) is 37.1 Å². The molecule has 0 amide bonds. The third-order valence-electron chi connectivity index (χ3n) is 4.69. The average molecular weight is 339 g/mol. The van der Waals surface area contributed by atoms with Crippen LogP contribution in [0.1, 0.15) is 36.8 Å². The van der Waals surface area contributed by atoms with E-state index in [2.05, 4.69) is 72.9 Å². The second-order valence-corrected chi connectivity index (χ2v) is 6.78. The minimum Gasteiger partial charge on any atom is -0.373 e. The summed E-state index contributed by atoms with van der Waals surface area (Å²) in [6.07, 6.45) is 3.48. The third kappa shape index (κ3) is 6.99. The number of benzene rings is 2. The van der Waals surface area contributed by atoms with Gasteiger partial charge >= 0.3 is 0 Å². The highest BCUT2D eigenvalue weighted by atomic mass is 16.6. The van der Waals surface area contributed by atoms with Gasteiger partial charge in [0.2, 0.25) is 0 Å². The fourth-order valence-electron chi connectivity index (χ4n) is 2.80. The first kappa shape index (κ1) is 18.1. The summed E-state index contributed by atoms with van der Waals surface area (Å²) in [5.41, 5.74) is 2.75. The van der Waals surface area contributed by atoms with E-state index in [1.807, 2.05) is 0 Å². The molecule has 2 atom stereocenters. The molecule has 2 aromatic carbocycles. The van der Waals surface area contributed by atoms with Crippen molar-refractivity contribution < 1.29 is 9.47 Å². The van der Waals surface area contributed by atoms with Crippen LogP contribution in [0, 0.1) is 0 Å². The molecule has 3 heteroatoms. The minimum atomic E-state index is 0.484. The molecule has 25 heavy (non-hydrogen) atoms. The molecule has 2 aromatic rings. The number of epoxide rings is 2. The van der Waals surface area contributed by atoms with Crippen molar-refractivity contribution in [2.24, 2.45) is 0 Å². The Morgan fingerprint density at radius 3 is 1.56 bits per heavy atom. The van der Waals surface area contributed by atoms with Gasteiger partial charge in [0, 0.05) is 5.92 Å². The molecule has 2 aliphatic heterocycles. The van der Waals surface area contributed by atoms with Gasteiger partial charge in [-0.2, -0.15) is 0 Å². The number of hydrogen-bond donors (Lipinski definition) is 1. The topological polar surface area (TPSA) is 37.1 Å². The Balaban J connectivity index is 0.000000150. The fourth-order valence-corrected chi connectivity index (χ4v) is 2.80. The van der Waals surface area contributed by atoms with Crippen LogP contribution in [0.4, 0.5) is 0 Å². The summed E-state index contributed by atoms with van der Waals surface area (Å²) in [6, 6.07) is 21.2. The number of rotatable bonds is 8. The Bertz CT molecular complexity index is 540. The van der Waals surface area contributed by atoms with Crippen molar-refractivity contribution in [2.45, 2.75) is 37.9 Å². The lowest BCUT2D eigenvalue weighted by Crippen LogP contribution is -2.19. The van der Waals surface area contributed by atoms with E-state index in [-0.39, 0.29) is 0 Å². The van der Waals surface area contributed by atoms with Gasteiger partial charge in [-0.25, -0.2) is 0 Å². The van der Waals surface area contributed by atoms with E-state index in [0.717, 1.165) is 26.3 Å². The van der Waals surface area contributed by atoms with E-state index in [4.69, 9.17) is 9.47 Å². The van der Waals surface area contributed by atoms with Crippen LogP contribution in [0.5, 0.6) is 0 Å². The van der Waals surface area contributed by atoms with Gasteiger partial charge in [-0.15, -0.1) is 0 Å². The van der Waals surface area contributed by atoms with Crippen LogP contribution in [0.3, 0.4) is 0 Å². The van der Waals surface area contributed by atoms with Crippen LogP contribution < -0.4 is 5.32 Å². The monoisotopic (exact) mass is 339 g/mol. The number of hydrogen-bond acceptors (Lipinski definition) is 3. The highest BCUT2D eigenvalue weighted by Gasteiger charge is 2.22.